The molecule has 9 rings (SSSR count). The van der Waals surface area contributed by atoms with Crippen LogP contribution in [0.5, 0.6) is 0 Å². The lowest BCUT2D eigenvalue weighted by Crippen LogP contribution is -2.00. The van der Waals surface area contributed by atoms with E-state index in [1.807, 2.05) is 24.4 Å². The second-order valence-electron chi connectivity index (χ2n) is 10.3. The quantitative estimate of drug-likeness (QED) is 0.233. The molecule has 9 aromatic rings. The van der Waals surface area contributed by atoms with E-state index in [4.69, 9.17) is 9.97 Å². The third kappa shape index (κ3) is 2.85. The van der Waals surface area contributed by atoms with Crippen LogP contribution in [0.3, 0.4) is 0 Å². The first kappa shape index (κ1) is 21.5. The molecule has 3 aromatic heterocycles. The molecule has 0 fully saturated rings. The monoisotopic (exact) mass is 510 g/mol. The Kier molecular flexibility index (Phi) is 4.30. The average Bonchev–Trinajstić information content (AvgIpc) is 3.54. The van der Waals surface area contributed by atoms with Gasteiger partial charge in [0.15, 0.2) is 0 Å². The maximum Gasteiger partial charge on any atom is 0.235 e. The Morgan fingerprint density at radius 3 is 1.77 bits per heavy atom. The highest BCUT2D eigenvalue weighted by Gasteiger charge is 2.21. The third-order valence-corrected chi connectivity index (χ3v) is 8.14. The number of rotatable bonds is 2. The first-order chi connectivity index (χ1) is 19.9. The van der Waals surface area contributed by atoms with Gasteiger partial charge in [-0.1, -0.05) is 84.9 Å². The molecule has 3 heterocycles. The van der Waals surface area contributed by atoms with Crippen molar-refractivity contribution in [1.29, 1.82) is 0 Å². The molecule has 6 aromatic carbocycles. The summed E-state index contributed by atoms with van der Waals surface area (Å²) in [4.78, 5) is 9.84. The third-order valence-electron chi connectivity index (χ3n) is 8.14. The van der Waals surface area contributed by atoms with E-state index < -0.39 is 0 Å². The van der Waals surface area contributed by atoms with Gasteiger partial charge in [0, 0.05) is 44.2 Å². The lowest BCUT2D eigenvalue weighted by molar-refractivity contribution is 1.01. The Labute approximate surface area is 229 Å². The largest absolute Gasteiger partial charge is 0.309 e. The molecule has 0 bridgehead atoms. The first-order valence-electron chi connectivity index (χ1n) is 13.5. The number of aromatic nitrogens is 4. The maximum absolute atomic E-state index is 5.00. The van der Waals surface area contributed by atoms with Crippen LogP contribution in [-0.4, -0.2) is 19.1 Å². The van der Waals surface area contributed by atoms with Crippen molar-refractivity contribution < 1.29 is 0 Å². The zero-order valence-electron chi connectivity index (χ0n) is 21.5. The van der Waals surface area contributed by atoms with E-state index in [9.17, 15) is 0 Å². The smallest absolute Gasteiger partial charge is 0.235 e. The van der Waals surface area contributed by atoms with Crippen molar-refractivity contribution in [1.82, 2.24) is 19.1 Å². The summed E-state index contributed by atoms with van der Waals surface area (Å²) in [7, 11) is 0. The van der Waals surface area contributed by atoms with Gasteiger partial charge in [0.25, 0.3) is 0 Å². The zero-order chi connectivity index (χ0) is 26.2. The summed E-state index contributed by atoms with van der Waals surface area (Å²) >= 11 is 0. The normalized spacial score (nSPS) is 12.0. The fraction of sp³-hybridized carbons (Fsp3) is 0. The zero-order valence-corrected chi connectivity index (χ0v) is 21.5. The molecular formula is C36H22N4. The van der Waals surface area contributed by atoms with Crippen LogP contribution in [0.15, 0.2) is 134 Å². The number of fused-ring (bicyclic) bond motifs is 10. The van der Waals surface area contributed by atoms with Gasteiger partial charge in [0.1, 0.15) is 0 Å². The molecule has 0 aliphatic carbocycles. The first-order valence-corrected chi connectivity index (χ1v) is 13.5. The Morgan fingerprint density at radius 2 is 1.02 bits per heavy atom. The molecule has 0 saturated carbocycles. The van der Waals surface area contributed by atoms with Crippen molar-refractivity contribution in [3.8, 4) is 11.6 Å². The summed E-state index contributed by atoms with van der Waals surface area (Å²) in [6, 6.07) is 45.1. The Morgan fingerprint density at radius 1 is 0.425 bits per heavy atom. The van der Waals surface area contributed by atoms with E-state index in [-0.39, 0.29) is 0 Å². The SMILES string of the molecule is c1ccc(-n2c3ccccc3c3c4c(ccc32)ccc2c4c3ccccc3n2-c2ncc3ccccc3n2)cc1. The summed E-state index contributed by atoms with van der Waals surface area (Å²) in [5, 5.41) is 8.46. The molecular weight excluding hydrogens is 488 g/mol. The van der Waals surface area contributed by atoms with Crippen molar-refractivity contribution in [2.24, 2.45) is 0 Å². The lowest BCUT2D eigenvalue weighted by atomic mass is 9.98. The molecule has 0 N–H and O–H groups in total. The molecule has 0 aliphatic heterocycles. The topological polar surface area (TPSA) is 35.6 Å². The predicted molar refractivity (Wildman–Crippen MR) is 166 cm³/mol. The molecule has 0 unspecified atom stereocenters. The van der Waals surface area contributed by atoms with Crippen LogP contribution >= 0.6 is 0 Å². The van der Waals surface area contributed by atoms with E-state index in [0.29, 0.717) is 5.95 Å². The molecule has 186 valence electrons. The van der Waals surface area contributed by atoms with Gasteiger partial charge in [-0.3, -0.25) is 4.57 Å². The van der Waals surface area contributed by atoms with E-state index in [2.05, 4.69) is 118 Å². The van der Waals surface area contributed by atoms with Crippen LogP contribution in [0.4, 0.5) is 0 Å². The summed E-state index contributed by atoms with van der Waals surface area (Å²) in [6.45, 7) is 0. The number of hydrogen-bond acceptors (Lipinski definition) is 2. The van der Waals surface area contributed by atoms with Gasteiger partial charge < -0.3 is 4.57 Å². The van der Waals surface area contributed by atoms with Gasteiger partial charge in [0.2, 0.25) is 5.95 Å². The molecule has 0 aliphatic rings. The van der Waals surface area contributed by atoms with Crippen molar-refractivity contribution >= 4 is 65.3 Å². The average molecular weight is 511 g/mol. The van der Waals surface area contributed by atoms with Gasteiger partial charge in [0.05, 0.1) is 27.6 Å². The van der Waals surface area contributed by atoms with Crippen LogP contribution in [-0.2, 0) is 0 Å². The highest BCUT2D eigenvalue weighted by molar-refractivity contribution is 6.32. The van der Waals surface area contributed by atoms with Gasteiger partial charge in [-0.15, -0.1) is 0 Å². The molecule has 0 spiro atoms. The highest BCUT2D eigenvalue weighted by Crippen LogP contribution is 2.43. The Bertz CT molecular complexity index is 2430. The molecule has 0 amide bonds. The molecule has 0 radical (unpaired) electrons. The fourth-order valence-corrected chi connectivity index (χ4v) is 6.47. The van der Waals surface area contributed by atoms with Crippen LogP contribution < -0.4 is 0 Å². The van der Waals surface area contributed by atoms with Crippen LogP contribution in [0.1, 0.15) is 0 Å². The Balaban J connectivity index is 1.49. The number of benzene rings is 6. The van der Waals surface area contributed by atoms with E-state index in [1.165, 1.54) is 43.4 Å². The fourth-order valence-electron chi connectivity index (χ4n) is 6.47. The second kappa shape index (κ2) is 8.01. The van der Waals surface area contributed by atoms with Crippen molar-refractivity contribution in [3.05, 3.63) is 134 Å². The van der Waals surface area contributed by atoms with E-state index >= 15 is 0 Å². The molecule has 4 nitrogen and oxygen atoms in total. The van der Waals surface area contributed by atoms with Crippen LogP contribution in [0.25, 0.3) is 76.9 Å². The summed E-state index contributed by atoms with van der Waals surface area (Å²) in [5.74, 6) is 0.683. The van der Waals surface area contributed by atoms with Gasteiger partial charge in [-0.2, -0.15) is 0 Å². The van der Waals surface area contributed by atoms with E-state index in [0.717, 1.165) is 27.6 Å². The maximum atomic E-state index is 5.00. The minimum absolute atomic E-state index is 0.683. The highest BCUT2D eigenvalue weighted by atomic mass is 15.2. The number of hydrogen-bond donors (Lipinski definition) is 0. The number of nitrogens with zero attached hydrogens (tertiary/aromatic N) is 4. The van der Waals surface area contributed by atoms with Crippen molar-refractivity contribution in [2.75, 3.05) is 0 Å². The lowest BCUT2D eigenvalue weighted by Gasteiger charge is -2.09. The van der Waals surface area contributed by atoms with Crippen LogP contribution in [0, 0.1) is 0 Å². The molecule has 0 saturated heterocycles. The summed E-state index contributed by atoms with van der Waals surface area (Å²) in [5.41, 5.74) is 6.71. The summed E-state index contributed by atoms with van der Waals surface area (Å²) < 4.78 is 4.60. The second-order valence-corrected chi connectivity index (χ2v) is 10.3. The minimum atomic E-state index is 0.683. The van der Waals surface area contributed by atoms with Crippen LogP contribution in [0.2, 0.25) is 0 Å². The predicted octanol–water partition coefficient (Wildman–Crippen LogP) is 8.98. The Hall–Kier alpha value is -5.48. The van der Waals surface area contributed by atoms with Gasteiger partial charge >= 0.3 is 0 Å². The number of para-hydroxylation sites is 4. The van der Waals surface area contributed by atoms with Crippen molar-refractivity contribution in [3.63, 3.8) is 0 Å². The molecule has 0 atom stereocenters. The summed E-state index contributed by atoms with van der Waals surface area (Å²) in [6.07, 6.45) is 1.92. The van der Waals surface area contributed by atoms with Crippen molar-refractivity contribution in [2.45, 2.75) is 0 Å². The minimum Gasteiger partial charge on any atom is -0.309 e. The standard InChI is InChI=1S/C36H22N4/c1-2-11-25(12-3-1)39-29-16-8-5-13-26(29)34-31(39)20-18-23-19-21-32-35(33(23)34)27-14-6-9-17-30(27)40(32)36-37-22-24-10-4-7-15-28(24)38-36/h1-22H. The van der Waals surface area contributed by atoms with Gasteiger partial charge in [-0.25, -0.2) is 9.97 Å². The molecule has 4 heteroatoms. The van der Waals surface area contributed by atoms with Gasteiger partial charge in [-0.05, 0) is 47.9 Å². The van der Waals surface area contributed by atoms with E-state index in [1.54, 1.807) is 0 Å². The molecule has 40 heavy (non-hydrogen) atoms.